The van der Waals surface area contributed by atoms with Gasteiger partial charge in [0, 0.05) is 23.5 Å². The summed E-state index contributed by atoms with van der Waals surface area (Å²) >= 11 is 0. The predicted molar refractivity (Wildman–Crippen MR) is 78.5 cm³/mol. The minimum Gasteiger partial charge on any atom is -0.497 e. The van der Waals surface area contributed by atoms with Crippen molar-refractivity contribution in [2.24, 2.45) is 0 Å². The average molecular weight is 287 g/mol. The van der Waals surface area contributed by atoms with Crippen LogP contribution in [0.5, 0.6) is 5.75 Å². The SMILES string of the molecule is COc1ccc(N)c(C(=O)Nc2ccc([N+](=O)[O-])cc2)c1. The van der Waals surface area contributed by atoms with Gasteiger partial charge in [-0.15, -0.1) is 0 Å². The van der Waals surface area contributed by atoms with Gasteiger partial charge in [0.15, 0.2) is 0 Å². The lowest BCUT2D eigenvalue weighted by Crippen LogP contribution is -2.14. The molecule has 0 aliphatic heterocycles. The van der Waals surface area contributed by atoms with Crippen molar-refractivity contribution in [3.05, 3.63) is 58.1 Å². The van der Waals surface area contributed by atoms with Crippen LogP contribution in [0.3, 0.4) is 0 Å². The van der Waals surface area contributed by atoms with E-state index in [2.05, 4.69) is 5.32 Å². The molecule has 1 amide bonds. The number of carbonyl (C=O) groups excluding carboxylic acids is 1. The average Bonchev–Trinajstić information content (AvgIpc) is 2.48. The number of nitro groups is 1. The zero-order valence-electron chi connectivity index (χ0n) is 11.2. The van der Waals surface area contributed by atoms with Gasteiger partial charge in [-0.25, -0.2) is 0 Å². The monoisotopic (exact) mass is 287 g/mol. The fraction of sp³-hybridized carbons (Fsp3) is 0.0714. The van der Waals surface area contributed by atoms with Gasteiger partial charge in [0.1, 0.15) is 5.75 Å². The second kappa shape index (κ2) is 5.91. The van der Waals surface area contributed by atoms with Gasteiger partial charge in [0.05, 0.1) is 17.6 Å². The third kappa shape index (κ3) is 3.27. The number of nitro benzene ring substituents is 1. The van der Waals surface area contributed by atoms with E-state index in [0.29, 0.717) is 17.1 Å². The Bertz CT molecular complexity index is 683. The molecule has 0 aliphatic rings. The standard InChI is InChI=1S/C14H13N3O4/c1-21-11-6-7-13(15)12(8-11)14(18)16-9-2-4-10(5-3-9)17(19)20/h2-8H,15H2,1H3,(H,16,18). The normalized spacial score (nSPS) is 9.95. The topological polar surface area (TPSA) is 107 Å². The van der Waals surface area contributed by atoms with Gasteiger partial charge in [0.25, 0.3) is 11.6 Å². The molecule has 0 radical (unpaired) electrons. The van der Waals surface area contributed by atoms with E-state index in [9.17, 15) is 14.9 Å². The summed E-state index contributed by atoms with van der Waals surface area (Å²) < 4.78 is 5.04. The number of amides is 1. The third-order valence-electron chi connectivity index (χ3n) is 2.84. The summed E-state index contributed by atoms with van der Waals surface area (Å²) in [5.74, 6) is 0.0957. The number of nitrogen functional groups attached to an aromatic ring is 1. The third-order valence-corrected chi connectivity index (χ3v) is 2.84. The van der Waals surface area contributed by atoms with Gasteiger partial charge in [0.2, 0.25) is 0 Å². The Morgan fingerprint density at radius 2 is 1.90 bits per heavy atom. The van der Waals surface area contributed by atoms with Gasteiger partial charge >= 0.3 is 0 Å². The van der Waals surface area contributed by atoms with Crippen LogP contribution in [0.4, 0.5) is 17.1 Å². The number of carbonyl (C=O) groups is 1. The molecule has 0 saturated carbocycles. The number of ether oxygens (including phenoxy) is 1. The number of hydrogen-bond acceptors (Lipinski definition) is 5. The van der Waals surface area contributed by atoms with E-state index in [1.807, 2.05) is 0 Å². The van der Waals surface area contributed by atoms with Crippen LogP contribution in [0.2, 0.25) is 0 Å². The van der Waals surface area contributed by atoms with Gasteiger partial charge in [-0.05, 0) is 30.3 Å². The van der Waals surface area contributed by atoms with Crippen molar-refractivity contribution < 1.29 is 14.5 Å². The van der Waals surface area contributed by atoms with E-state index < -0.39 is 10.8 Å². The summed E-state index contributed by atoms with van der Waals surface area (Å²) in [7, 11) is 1.49. The van der Waals surface area contributed by atoms with Crippen molar-refractivity contribution in [1.29, 1.82) is 0 Å². The number of benzene rings is 2. The molecule has 0 fully saturated rings. The lowest BCUT2D eigenvalue weighted by molar-refractivity contribution is -0.384. The van der Waals surface area contributed by atoms with Crippen molar-refractivity contribution in [2.75, 3.05) is 18.2 Å². The summed E-state index contributed by atoms with van der Waals surface area (Å²) in [6.45, 7) is 0. The highest BCUT2D eigenvalue weighted by molar-refractivity contribution is 6.08. The Balaban J connectivity index is 2.19. The van der Waals surface area contributed by atoms with Crippen LogP contribution in [0.15, 0.2) is 42.5 Å². The molecular formula is C14H13N3O4. The maximum atomic E-state index is 12.1. The van der Waals surface area contributed by atoms with Crippen molar-refractivity contribution in [1.82, 2.24) is 0 Å². The largest absolute Gasteiger partial charge is 0.497 e. The second-order valence-electron chi connectivity index (χ2n) is 4.21. The van der Waals surface area contributed by atoms with Crippen LogP contribution in [0.1, 0.15) is 10.4 Å². The Kier molecular flexibility index (Phi) is 4.03. The highest BCUT2D eigenvalue weighted by atomic mass is 16.6. The molecule has 0 saturated heterocycles. The first kappa shape index (κ1) is 14.3. The number of non-ortho nitro benzene ring substituents is 1. The van der Waals surface area contributed by atoms with Crippen LogP contribution < -0.4 is 15.8 Å². The van der Waals surface area contributed by atoms with Crippen LogP contribution in [-0.2, 0) is 0 Å². The Morgan fingerprint density at radius 1 is 1.24 bits per heavy atom. The van der Waals surface area contributed by atoms with Gasteiger partial charge in [-0.2, -0.15) is 0 Å². The molecule has 0 unspecified atom stereocenters. The molecule has 0 heterocycles. The first-order valence-electron chi connectivity index (χ1n) is 6.00. The maximum Gasteiger partial charge on any atom is 0.269 e. The number of nitrogens with two attached hydrogens (primary N) is 1. The number of hydrogen-bond donors (Lipinski definition) is 2. The Hall–Kier alpha value is -3.09. The molecule has 0 aliphatic carbocycles. The molecule has 0 bridgehead atoms. The van der Waals surface area contributed by atoms with Crippen LogP contribution in [0.25, 0.3) is 0 Å². The molecule has 2 rings (SSSR count). The lowest BCUT2D eigenvalue weighted by Gasteiger charge is -2.09. The van der Waals surface area contributed by atoms with E-state index in [-0.39, 0.29) is 11.3 Å². The fourth-order valence-electron chi connectivity index (χ4n) is 1.72. The summed E-state index contributed by atoms with van der Waals surface area (Å²) in [6, 6.07) is 10.3. The molecule has 2 aromatic carbocycles. The lowest BCUT2D eigenvalue weighted by atomic mass is 10.1. The van der Waals surface area contributed by atoms with Crippen molar-refractivity contribution in [3.63, 3.8) is 0 Å². The van der Waals surface area contributed by atoms with Crippen molar-refractivity contribution >= 4 is 23.0 Å². The second-order valence-corrected chi connectivity index (χ2v) is 4.21. The van der Waals surface area contributed by atoms with Crippen molar-refractivity contribution in [2.45, 2.75) is 0 Å². The molecule has 2 aromatic rings. The van der Waals surface area contributed by atoms with Crippen LogP contribution in [-0.4, -0.2) is 17.9 Å². The first-order chi connectivity index (χ1) is 10.0. The summed E-state index contributed by atoms with van der Waals surface area (Å²) in [5.41, 5.74) is 6.73. The first-order valence-corrected chi connectivity index (χ1v) is 6.00. The van der Waals surface area contributed by atoms with Crippen molar-refractivity contribution in [3.8, 4) is 5.75 Å². The minimum absolute atomic E-state index is 0.0473. The van der Waals surface area contributed by atoms with Gasteiger partial charge in [-0.1, -0.05) is 0 Å². The maximum absolute atomic E-state index is 12.1. The molecule has 21 heavy (non-hydrogen) atoms. The summed E-state index contributed by atoms with van der Waals surface area (Å²) in [6.07, 6.45) is 0. The molecule has 0 atom stereocenters. The summed E-state index contributed by atoms with van der Waals surface area (Å²) in [4.78, 5) is 22.2. The quantitative estimate of drug-likeness (QED) is 0.510. The zero-order valence-corrected chi connectivity index (χ0v) is 11.2. The highest BCUT2D eigenvalue weighted by Crippen LogP contribution is 2.21. The van der Waals surface area contributed by atoms with E-state index in [1.165, 1.54) is 37.4 Å². The molecule has 0 aromatic heterocycles. The molecule has 7 heteroatoms. The van der Waals surface area contributed by atoms with E-state index in [1.54, 1.807) is 12.1 Å². The summed E-state index contributed by atoms with van der Waals surface area (Å²) in [5, 5.41) is 13.2. The number of methoxy groups -OCH3 is 1. The molecular weight excluding hydrogens is 274 g/mol. The smallest absolute Gasteiger partial charge is 0.269 e. The molecule has 0 spiro atoms. The van der Waals surface area contributed by atoms with Gasteiger partial charge < -0.3 is 15.8 Å². The minimum atomic E-state index is -0.508. The number of nitrogens with one attached hydrogen (secondary N) is 1. The number of rotatable bonds is 4. The molecule has 7 nitrogen and oxygen atoms in total. The van der Waals surface area contributed by atoms with E-state index in [0.717, 1.165) is 0 Å². The Labute approximate surface area is 120 Å². The van der Waals surface area contributed by atoms with Gasteiger partial charge in [-0.3, -0.25) is 14.9 Å². The van der Waals surface area contributed by atoms with E-state index in [4.69, 9.17) is 10.5 Å². The van der Waals surface area contributed by atoms with Crippen LogP contribution in [0, 0.1) is 10.1 Å². The van der Waals surface area contributed by atoms with Crippen LogP contribution >= 0.6 is 0 Å². The zero-order chi connectivity index (χ0) is 15.4. The molecule has 108 valence electrons. The highest BCUT2D eigenvalue weighted by Gasteiger charge is 2.12. The Morgan fingerprint density at radius 3 is 2.48 bits per heavy atom. The molecule has 3 N–H and O–H groups in total. The number of nitrogens with zero attached hydrogens (tertiary/aromatic N) is 1. The van der Waals surface area contributed by atoms with E-state index >= 15 is 0 Å². The fourth-order valence-corrected chi connectivity index (χ4v) is 1.72. The predicted octanol–water partition coefficient (Wildman–Crippen LogP) is 2.44. The number of anilines is 2.